The second kappa shape index (κ2) is 11.6. The van der Waals surface area contributed by atoms with Crippen LogP contribution in [0.25, 0.3) is 0 Å². The van der Waals surface area contributed by atoms with Crippen molar-refractivity contribution in [2.24, 2.45) is 5.92 Å². The van der Waals surface area contributed by atoms with Gasteiger partial charge in [-0.05, 0) is 54.1 Å². The SMILES string of the molecule is O=[N+]([O-])c1cccc(N2CCN(CCCCNSCC3CCCCC3)CC2)n1. The molecule has 0 bridgehead atoms. The van der Waals surface area contributed by atoms with Crippen molar-refractivity contribution in [1.82, 2.24) is 14.6 Å². The molecule has 2 fully saturated rings. The van der Waals surface area contributed by atoms with Crippen molar-refractivity contribution in [3.63, 3.8) is 0 Å². The van der Waals surface area contributed by atoms with Crippen molar-refractivity contribution >= 4 is 23.6 Å². The Morgan fingerprint density at radius 1 is 1.14 bits per heavy atom. The van der Waals surface area contributed by atoms with E-state index < -0.39 is 4.92 Å². The smallest absolute Gasteiger partial charge is 0.358 e. The number of piperazine rings is 1. The number of hydrogen-bond donors (Lipinski definition) is 1. The van der Waals surface area contributed by atoms with Gasteiger partial charge in [-0.1, -0.05) is 31.2 Å². The van der Waals surface area contributed by atoms with Crippen LogP contribution in [0.4, 0.5) is 11.6 Å². The molecule has 1 saturated carbocycles. The summed E-state index contributed by atoms with van der Waals surface area (Å²) in [5, 5.41) is 10.9. The van der Waals surface area contributed by atoms with E-state index in [0.29, 0.717) is 5.82 Å². The minimum atomic E-state index is -0.429. The number of nitro groups is 1. The lowest BCUT2D eigenvalue weighted by Gasteiger charge is -2.34. The standard InChI is InChI=1S/C20H33N5O2S/c26-25(27)20-10-6-9-19(22-20)24-15-13-23(14-16-24)12-5-4-11-21-28-17-18-7-2-1-3-8-18/h6,9-10,18,21H,1-5,7-8,11-17H2. The molecule has 156 valence electrons. The number of hydrogen-bond acceptors (Lipinski definition) is 7. The molecule has 8 heteroatoms. The Kier molecular flexibility index (Phi) is 8.82. The highest BCUT2D eigenvalue weighted by Crippen LogP contribution is 2.25. The average Bonchev–Trinajstić information content (AvgIpc) is 2.74. The van der Waals surface area contributed by atoms with E-state index in [4.69, 9.17) is 0 Å². The fraction of sp³-hybridized carbons (Fsp3) is 0.750. The minimum absolute atomic E-state index is 0.0752. The minimum Gasteiger partial charge on any atom is -0.358 e. The van der Waals surface area contributed by atoms with Crippen LogP contribution in [0, 0.1) is 16.0 Å². The van der Waals surface area contributed by atoms with Gasteiger partial charge in [0, 0.05) is 50.6 Å². The number of nitrogens with zero attached hydrogens (tertiary/aromatic N) is 4. The van der Waals surface area contributed by atoms with Crippen LogP contribution in [0.15, 0.2) is 18.2 Å². The van der Waals surface area contributed by atoms with Crippen LogP contribution in [0.1, 0.15) is 44.9 Å². The summed E-state index contributed by atoms with van der Waals surface area (Å²) in [5.74, 6) is 2.85. The zero-order valence-electron chi connectivity index (χ0n) is 16.7. The van der Waals surface area contributed by atoms with Gasteiger partial charge in [0.05, 0.1) is 0 Å². The summed E-state index contributed by atoms with van der Waals surface area (Å²) in [6, 6.07) is 5.02. The first kappa shape index (κ1) is 21.3. The van der Waals surface area contributed by atoms with E-state index in [1.54, 1.807) is 6.07 Å². The van der Waals surface area contributed by atoms with E-state index in [2.05, 4.69) is 19.5 Å². The maximum atomic E-state index is 10.9. The quantitative estimate of drug-likeness (QED) is 0.274. The van der Waals surface area contributed by atoms with Gasteiger partial charge in [0.25, 0.3) is 0 Å². The van der Waals surface area contributed by atoms with Gasteiger partial charge in [-0.2, -0.15) is 0 Å². The lowest BCUT2D eigenvalue weighted by molar-refractivity contribution is -0.389. The molecule has 1 N–H and O–H groups in total. The molecule has 2 aliphatic rings. The lowest BCUT2D eigenvalue weighted by Crippen LogP contribution is -2.47. The Labute approximate surface area is 172 Å². The van der Waals surface area contributed by atoms with Crippen molar-refractivity contribution in [1.29, 1.82) is 0 Å². The van der Waals surface area contributed by atoms with E-state index in [1.807, 2.05) is 18.0 Å². The Hall–Kier alpha value is -1.38. The molecule has 0 spiro atoms. The molecular formula is C20H33N5O2S. The molecule has 1 aliphatic heterocycles. The summed E-state index contributed by atoms with van der Waals surface area (Å²) in [6.45, 7) is 5.97. The Balaban J connectivity index is 1.24. The summed E-state index contributed by atoms with van der Waals surface area (Å²) in [7, 11) is 0. The molecule has 2 heterocycles. The Bertz CT molecular complexity index is 604. The number of nitrogens with one attached hydrogen (secondary N) is 1. The van der Waals surface area contributed by atoms with Crippen molar-refractivity contribution in [2.45, 2.75) is 44.9 Å². The van der Waals surface area contributed by atoms with Crippen LogP contribution >= 0.6 is 11.9 Å². The third kappa shape index (κ3) is 6.90. The molecule has 0 atom stereocenters. The van der Waals surface area contributed by atoms with Crippen LogP contribution in [-0.4, -0.2) is 59.8 Å². The summed E-state index contributed by atoms with van der Waals surface area (Å²) in [5.41, 5.74) is 0. The highest BCUT2D eigenvalue weighted by molar-refractivity contribution is 7.97. The van der Waals surface area contributed by atoms with E-state index in [0.717, 1.165) is 45.2 Å². The number of pyridine rings is 1. The van der Waals surface area contributed by atoms with Crippen molar-refractivity contribution in [3.8, 4) is 0 Å². The Morgan fingerprint density at radius 3 is 2.68 bits per heavy atom. The predicted molar refractivity (Wildman–Crippen MR) is 116 cm³/mol. The molecule has 3 rings (SSSR count). The highest BCUT2D eigenvalue weighted by atomic mass is 32.2. The van der Waals surface area contributed by atoms with E-state index in [-0.39, 0.29) is 5.82 Å². The summed E-state index contributed by atoms with van der Waals surface area (Å²) in [6.07, 6.45) is 9.56. The van der Waals surface area contributed by atoms with E-state index >= 15 is 0 Å². The zero-order valence-corrected chi connectivity index (χ0v) is 17.5. The first-order valence-electron chi connectivity index (χ1n) is 10.7. The summed E-state index contributed by atoms with van der Waals surface area (Å²) >= 11 is 1.92. The number of unbranched alkanes of at least 4 members (excludes halogenated alkanes) is 1. The molecule has 0 amide bonds. The molecule has 0 radical (unpaired) electrons. The highest BCUT2D eigenvalue weighted by Gasteiger charge is 2.21. The van der Waals surface area contributed by atoms with Gasteiger partial charge in [-0.3, -0.25) is 9.62 Å². The first-order valence-corrected chi connectivity index (χ1v) is 11.6. The normalized spacial score (nSPS) is 19.1. The van der Waals surface area contributed by atoms with Gasteiger partial charge >= 0.3 is 5.82 Å². The molecule has 1 aliphatic carbocycles. The first-order chi connectivity index (χ1) is 13.7. The maximum Gasteiger partial charge on any atom is 0.365 e. The molecule has 28 heavy (non-hydrogen) atoms. The Morgan fingerprint density at radius 2 is 1.93 bits per heavy atom. The fourth-order valence-corrected chi connectivity index (χ4v) is 5.00. The molecule has 0 unspecified atom stereocenters. The van der Waals surface area contributed by atoms with E-state index in [1.165, 1.54) is 56.8 Å². The summed E-state index contributed by atoms with van der Waals surface area (Å²) in [4.78, 5) is 19.3. The van der Waals surface area contributed by atoms with Crippen LogP contribution in [0.2, 0.25) is 0 Å². The topological polar surface area (TPSA) is 74.5 Å². The largest absolute Gasteiger partial charge is 0.365 e. The molecule has 1 saturated heterocycles. The lowest BCUT2D eigenvalue weighted by atomic mass is 9.91. The van der Waals surface area contributed by atoms with Gasteiger partial charge in [0.1, 0.15) is 0 Å². The third-order valence-electron chi connectivity index (χ3n) is 5.75. The number of aromatic nitrogens is 1. The van der Waals surface area contributed by atoms with Crippen molar-refractivity contribution in [3.05, 3.63) is 28.3 Å². The van der Waals surface area contributed by atoms with Gasteiger partial charge < -0.3 is 15.0 Å². The second-order valence-corrected chi connectivity index (χ2v) is 8.77. The monoisotopic (exact) mass is 407 g/mol. The van der Waals surface area contributed by atoms with Crippen LogP contribution in [0.5, 0.6) is 0 Å². The summed E-state index contributed by atoms with van der Waals surface area (Å²) < 4.78 is 3.54. The number of rotatable bonds is 10. The van der Waals surface area contributed by atoms with Crippen LogP contribution in [0.3, 0.4) is 0 Å². The molecule has 1 aromatic rings. The average molecular weight is 408 g/mol. The molecule has 0 aromatic carbocycles. The maximum absolute atomic E-state index is 10.9. The zero-order chi connectivity index (χ0) is 19.6. The van der Waals surface area contributed by atoms with Crippen LogP contribution in [-0.2, 0) is 0 Å². The van der Waals surface area contributed by atoms with Gasteiger partial charge in [-0.15, -0.1) is 0 Å². The number of anilines is 1. The molecule has 1 aromatic heterocycles. The van der Waals surface area contributed by atoms with Crippen LogP contribution < -0.4 is 9.62 Å². The molecular weight excluding hydrogens is 374 g/mol. The van der Waals surface area contributed by atoms with Crippen molar-refractivity contribution < 1.29 is 4.92 Å². The predicted octanol–water partition coefficient (Wildman–Crippen LogP) is 3.71. The fourth-order valence-electron chi connectivity index (χ4n) is 4.03. The van der Waals surface area contributed by atoms with E-state index in [9.17, 15) is 10.1 Å². The van der Waals surface area contributed by atoms with Gasteiger partial charge in [0.15, 0.2) is 0 Å². The van der Waals surface area contributed by atoms with Crippen molar-refractivity contribution in [2.75, 3.05) is 49.9 Å². The van der Waals surface area contributed by atoms with Gasteiger partial charge in [0.2, 0.25) is 5.82 Å². The third-order valence-corrected chi connectivity index (χ3v) is 6.80. The second-order valence-electron chi connectivity index (χ2n) is 7.86. The van der Waals surface area contributed by atoms with Gasteiger partial charge in [-0.25, -0.2) is 0 Å². The molecule has 7 nitrogen and oxygen atoms in total.